The fourth-order valence-corrected chi connectivity index (χ4v) is 4.60. The molecule has 3 rings (SSSR count). The Morgan fingerprint density at radius 3 is 2.90 bits per heavy atom. The fourth-order valence-electron chi connectivity index (χ4n) is 4.60. The summed E-state index contributed by atoms with van der Waals surface area (Å²) < 4.78 is 0. The molecule has 3 atom stereocenters. The third-order valence-corrected chi connectivity index (χ3v) is 5.52. The van der Waals surface area contributed by atoms with Crippen LogP contribution in [0.4, 0.5) is 5.69 Å². The van der Waals surface area contributed by atoms with E-state index >= 15 is 0 Å². The highest BCUT2D eigenvalue weighted by Gasteiger charge is 2.49. The molecule has 1 aliphatic heterocycles. The van der Waals surface area contributed by atoms with Crippen LogP contribution in [0.3, 0.4) is 0 Å². The minimum atomic E-state index is -0.266. The molecule has 2 bridgehead atoms. The standard InChI is InChI=1S/C16H22N2O2/c1-3-13-15-9-11-5-6-12(18(19)20)10-14(11)16(13,4-2)7-8-17-15/h5-6,10,13,15,17H,3-4,7-9H2,1-2H3. The number of piperidine rings is 1. The number of fused-ring (bicyclic) bond motifs is 4. The van der Waals surface area contributed by atoms with Crippen LogP contribution in [0.5, 0.6) is 0 Å². The summed E-state index contributed by atoms with van der Waals surface area (Å²) in [6.45, 7) is 5.51. The number of hydrogen-bond acceptors (Lipinski definition) is 3. The lowest BCUT2D eigenvalue weighted by Crippen LogP contribution is -2.58. The number of hydrogen-bond donors (Lipinski definition) is 1. The monoisotopic (exact) mass is 274 g/mol. The lowest BCUT2D eigenvalue weighted by molar-refractivity contribution is -0.385. The summed E-state index contributed by atoms with van der Waals surface area (Å²) in [7, 11) is 0. The van der Waals surface area contributed by atoms with Crippen molar-refractivity contribution in [1.82, 2.24) is 5.32 Å². The number of rotatable bonds is 3. The molecule has 20 heavy (non-hydrogen) atoms. The molecule has 1 heterocycles. The molecule has 0 saturated carbocycles. The Morgan fingerprint density at radius 1 is 1.45 bits per heavy atom. The van der Waals surface area contributed by atoms with E-state index in [1.165, 1.54) is 11.1 Å². The van der Waals surface area contributed by atoms with Crippen molar-refractivity contribution < 1.29 is 4.92 Å². The number of nitrogens with zero attached hydrogens (tertiary/aromatic N) is 1. The second kappa shape index (κ2) is 4.85. The van der Waals surface area contributed by atoms with Crippen molar-refractivity contribution in [2.45, 2.75) is 51.0 Å². The predicted molar refractivity (Wildman–Crippen MR) is 79.0 cm³/mol. The molecule has 108 valence electrons. The van der Waals surface area contributed by atoms with E-state index in [4.69, 9.17) is 0 Å². The van der Waals surface area contributed by atoms with Gasteiger partial charge in [0.25, 0.3) is 5.69 Å². The molecule has 4 nitrogen and oxygen atoms in total. The third-order valence-electron chi connectivity index (χ3n) is 5.52. The summed E-state index contributed by atoms with van der Waals surface area (Å²) in [6, 6.07) is 6.01. The van der Waals surface area contributed by atoms with Crippen molar-refractivity contribution in [2.24, 2.45) is 5.92 Å². The van der Waals surface area contributed by atoms with Gasteiger partial charge in [-0.2, -0.15) is 0 Å². The van der Waals surface area contributed by atoms with E-state index in [9.17, 15) is 10.1 Å². The Bertz CT molecular complexity index is 543. The maximum atomic E-state index is 11.1. The van der Waals surface area contributed by atoms with E-state index in [1.54, 1.807) is 6.07 Å². The zero-order valence-electron chi connectivity index (χ0n) is 12.2. The van der Waals surface area contributed by atoms with Crippen LogP contribution in [0.25, 0.3) is 0 Å². The van der Waals surface area contributed by atoms with Crippen molar-refractivity contribution >= 4 is 5.69 Å². The van der Waals surface area contributed by atoms with Crippen LogP contribution in [-0.2, 0) is 11.8 Å². The van der Waals surface area contributed by atoms with Gasteiger partial charge in [0.05, 0.1) is 4.92 Å². The first-order chi connectivity index (χ1) is 9.62. The first-order valence-electron chi connectivity index (χ1n) is 7.63. The van der Waals surface area contributed by atoms with Gasteiger partial charge in [-0.25, -0.2) is 0 Å². The molecule has 0 spiro atoms. The van der Waals surface area contributed by atoms with Gasteiger partial charge in [-0.3, -0.25) is 10.1 Å². The van der Waals surface area contributed by atoms with Gasteiger partial charge in [-0.05, 0) is 42.9 Å². The number of non-ortho nitro benzene ring substituents is 1. The van der Waals surface area contributed by atoms with E-state index in [0.717, 1.165) is 32.2 Å². The average molecular weight is 274 g/mol. The lowest BCUT2D eigenvalue weighted by Gasteiger charge is -2.53. The molecule has 4 heteroatoms. The average Bonchev–Trinajstić information content (AvgIpc) is 2.46. The van der Waals surface area contributed by atoms with Gasteiger partial charge >= 0.3 is 0 Å². The third kappa shape index (κ3) is 1.78. The maximum absolute atomic E-state index is 11.1. The lowest BCUT2D eigenvalue weighted by atomic mass is 9.56. The highest BCUT2D eigenvalue weighted by atomic mass is 16.6. The number of nitrogens with one attached hydrogen (secondary N) is 1. The summed E-state index contributed by atoms with van der Waals surface area (Å²) in [6.07, 6.45) is 4.30. The van der Waals surface area contributed by atoms with Crippen LogP contribution in [-0.4, -0.2) is 17.5 Å². The molecular weight excluding hydrogens is 252 g/mol. The number of benzene rings is 1. The Labute approximate surface area is 119 Å². The minimum Gasteiger partial charge on any atom is -0.313 e. The summed E-state index contributed by atoms with van der Waals surface area (Å²) in [5.41, 5.74) is 2.92. The largest absolute Gasteiger partial charge is 0.313 e. The van der Waals surface area contributed by atoms with Gasteiger partial charge in [0.2, 0.25) is 0 Å². The first kappa shape index (κ1) is 13.6. The van der Waals surface area contributed by atoms with Crippen molar-refractivity contribution in [3.63, 3.8) is 0 Å². The van der Waals surface area contributed by atoms with Crippen LogP contribution in [0.1, 0.15) is 44.2 Å². The molecule has 0 radical (unpaired) electrons. The highest BCUT2D eigenvalue weighted by Crippen LogP contribution is 2.50. The van der Waals surface area contributed by atoms with E-state index in [-0.39, 0.29) is 16.0 Å². The molecule has 2 aliphatic rings. The van der Waals surface area contributed by atoms with Gasteiger partial charge in [0.1, 0.15) is 0 Å². The van der Waals surface area contributed by atoms with Gasteiger partial charge in [-0.15, -0.1) is 0 Å². The Hall–Kier alpha value is -1.42. The molecule has 1 aliphatic carbocycles. The first-order valence-corrected chi connectivity index (χ1v) is 7.63. The van der Waals surface area contributed by atoms with Gasteiger partial charge in [0, 0.05) is 23.6 Å². The molecule has 0 aromatic heterocycles. The second-order valence-electron chi connectivity index (χ2n) is 6.14. The molecule has 1 saturated heterocycles. The normalized spacial score (nSPS) is 31.7. The number of nitro groups is 1. The Kier molecular flexibility index (Phi) is 3.28. The van der Waals surface area contributed by atoms with Crippen molar-refractivity contribution in [3.05, 3.63) is 39.4 Å². The van der Waals surface area contributed by atoms with Gasteiger partial charge in [0.15, 0.2) is 0 Å². The summed E-state index contributed by atoms with van der Waals surface area (Å²) in [5.74, 6) is 0.593. The quantitative estimate of drug-likeness (QED) is 0.680. The fraction of sp³-hybridized carbons (Fsp3) is 0.625. The SMILES string of the molecule is CCC1C2Cc3ccc([N+](=O)[O-])cc3C1(CC)CCN2. The smallest absolute Gasteiger partial charge is 0.269 e. The maximum Gasteiger partial charge on any atom is 0.269 e. The van der Waals surface area contributed by atoms with Crippen molar-refractivity contribution in [3.8, 4) is 0 Å². The topological polar surface area (TPSA) is 55.2 Å². The van der Waals surface area contributed by atoms with Crippen LogP contribution in [0.2, 0.25) is 0 Å². The van der Waals surface area contributed by atoms with Gasteiger partial charge in [-0.1, -0.05) is 26.3 Å². The molecule has 1 N–H and O–H groups in total. The predicted octanol–water partition coefficient (Wildman–Crippen LogP) is 3.19. The molecule has 0 amide bonds. The highest BCUT2D eigenvalue weighted by molar-refractivity contribution is 5.47. The molecule has 1 aromatic carbocycles. The summed E-state index contributed by atoms with van der Waals surface area (Å²) >= 11 is 0. The summed E-state index contributed by atoms with van der Waals surface area (Å²) in [4.78, 5) is 10.8. The zero-order chi connectivity index (χ0) is 14.3. The second-order valence-corrected chi connectivity index (χ2v) is 6.14. The molecule has 1 aromatic rings. The molecule has 1 fully saturated rings. The van der Waals surface area contributed by atoms with Crippen LogP contribution in [0.15, 0.2) is 18.2 Å². The van der Waals surface area contributed by atoms with Crippen LogP contribution in [0, 0.1) is 16.0 Å². The van der Waals surface area contributed by atoms with E-state index in [1.807, 2.05) is 12.1 Å². The van der Waals surface area contributed by atoms with Gasteiger partial charge < -0.3 is 5.32 Å². The minimum absolute atomic E-state index is 0.129. The Balaban J connectivity index is 2.17. The molecule has 3 unspecified atom stereocenters. The van der Waals surface area contributed by atoms with Crippen LogP contribution < -0.4 is 5.32 Å². The van der Waals surface area contributed by atoms with Crippen molar-refractivity contribution in [1.29, 1.82) is 0 Å². The Morgan fingerprint density at radius 2 is 2.25 bits per heavy atom. The van der Waals surface area contributed by atoms with Crippen molar-refractivity contribution in [2.75, 3.05) is 6.54 Å². The van der Waals surface area contributed by atoms with E-state index in [0.29, 0.717) is 12.0 Å². The van der Waals surface area contributed by atoms with Crippen LogP contribution >= 0.6 is 0 Å². The zero-order valence-corrected chi connectivity index (χ0v) is 12.2. The number of nitro benzene ring substituents is 1. The molecular formula is C16H22N2O2. The van der Waals surface area contributed by atoms with E-state index in [2.05, 4.69) is 19.2 Å². The van der Waals surface area contributed by atoms with E-state index < -0.39 is 0 Å². The summed E-state index contributed by atoms with van der Waals surface area (Å²) in [5, 5.41) is 14.8.